The Labute approximate surface area is 155 Å². The first-order valence-electron chi connectivity index (χ1n) is 10.0. The van der Waals surface area contributed by atoms with Gasteiger partial charge in [-0.15, -0.1) is 0 Å². The summed E-state index contributed by atoms with van der Waals surface area (Å²) in [5.74, 6) is 0.263. The van der Waals surface area contributed by atoms with Crippen LogP contribution in [0.1, 0.15) is 39.0 Å². The molecule has 146 valence electrons. The van der Waals surface area contributed by atoms with Crippen molar-refractivity contribution in [2.24, 2.45) is 5.41 Å². The van der Waals surface area contributed by atoms with Gasteiger partial charge in [0.1, 0.15) is 0 Å². The van der Waals surface area contributed by atoms with Crippen molar-refractivity contribution in [3.05, 3.63) is 0 Å². The van der Waals surface area contributed by atoms with E-state index in [1.165, 1.54) is 6.92 Å². The zero-order valence-corrected chi connectivity index (χ0v) is 16.1. The van der Waals surface area contributed by atoms with E-state index in [2.05, 4.69) is 27.5 Å². The molecule has 2 amide bonds. The number of amides is 2. The Morgan fingerprint density at radius 2 is 1.85 bits per heavy atom. The monoisotopic (exact) mass is 364 g/mol. The van der Waals surface area contributed by atoms with E-state index in [1.807, 2.05) is 0 Å². The number of hydrogen-bond acceptors (Lipinski definition) is 5. The van der Waals surface area contributed by atoms with Gasteiger partial charge in [0, 0.05) is 33.1 Å². The number of likely N-dealkylation sites (N-methyl/N-ethyl adjacent to an activating group) is 1. The molecular weight excluding hydrogens is 332 g/mol. The van der Waals surface area contributed by atoms with Crippen LogP contribution in [0, 0.1) is 5.41 Å². The predicted octanol–water partition coefficient (Wildman–Crippen LogP) is -0.0420. The van der Waals surface area contributed by atoms with Crippen molar-refractivity contribution in [1.29, 1.82) is 0 Å². The van der Waals surface area contributed by atoms with E-state index in [0.29, 0.717) is 12.5 Å². The number of ether oxygens (including phenoxy) is 1. The fourth-order valence-electron chi connectivity index (χ4n) is 5.71. The van der Waals surface area contributed by atoms with E-state index in [0.717, 1.165) is 71.4 Å². The molecule has 0 unspecified atom stereocenters. The first-order valence-corrected chi connectivity index (χ1v) is 10.0. The van der Waals surface area contributed by atoms with Crippen molar-refractivity contribution >= 4 is 11.8 Å². The quantitative estimate of drug-likeness (QED) is 0.735. The molecule has 4 saturated heterocycles. The largest absolute Gasteiger partial charge is 0.365 e. The van der Waals surface area contributed by atoms with Gasteiger partial charge in [-0.1, -0.05) is 0 Å². The van der Waals surface area contributed by atoms with Crippen LogP contribution in [0.5, 0.6) is 0 Å². The lowest BCUT2D eigenvalue weighted by Crippen LogP contribution is -2.62. The van der Waals surface area contributed by atoms with Crippen LogP contribution in [-0.4, -0.2) is 85.7 Å². The zero-order valence-electron chi connectivity index (χ0n) is 16.1. The summed E-state index contributed by atoms with van der Waals surface area (Å²) >= 11 is 0. The van der Waals surface area contributed by atoms with Crippen molar-refractivity contribution in [1.82, 2.24) is 20.4 Å². The summed E-state index contributed by atoms with van der Waals surface area (Å²) in [6.45, 7) is 7.50. The number of nitrogens with zero attached hydrogens (tertiary/aromatic N) is 2. The zero-order chi connectivity index (χ0) is 18.4. The molecule has 1 aliphatic carbocycles. The van der Waals surface area contributed by atoms with Crippen molar-refractivity contribution in [2.45, 2.75) is 50.2 Å². The number of piperidine rings is 1. The molecule has 4 aliphatic heterocycles. The van der Waals surface area contributed by atoms with E-state index < -0.39 is 5.41 Å². The van der Waals surface area contributed by atoms with Gasteiger partial charge in [0.25, 0.3) is 0 Å². The Kier molecular flexibility index (Phi) is 4.52. The van der Waals surface area contributed by atoms with E-state index in [4.69, 9.17) is 4.74 Å². The summed E-state index contributed by atoms with van der Waals surface area (Å²) in [4.78, 5) is 29.5. The van der Waals surface area contributed by atoms with Gasteiger partial charge >= 0.3 is 0 Å². The second kappa shape index (κ2) is 6.46. The van der Waals surface area contributed by atoms with E-state index in [1.54, 1.807) is 0 Å². The number of carbonyl (C=O) groups excluding carboxylic acids is 2. The van der Waals surface area contributed by atoms with Gasteiger partial charge in [0.15, 0.2) is 0 Å². The van der Waals surface area contributed by atoms with Crippen LogP contribution in [0.2, 0.25) is 0 Å². The first-order chi connectivity index (χ1) is 12.4. The molecule has 5 fully saturated rings. The normalized spacial score (nSPS) is 36.5. The Balaban J connectivity index is 1.56. The number of carbonyl (C=O) groups is 2. The molecule has 0 aromatic rings. The summed E-state index contributed by atoms with van der Waals surface area (Å²) in [5, 5.41) is 6.34. The smallest absolute Gasteiger partial charge is 0.231 e. The van der Waals surface area contributed by atoms with Gasteiger partial charge in [0.05, 0.1) is 16.6 Å². The predicted molar refractivity (Wildman–Crippen MR) is 97.7 cm³/mol. The van der Waals surface area contributed by atoms with Crippen molar-refractivity contribution in [3.8, 4) is 0 Å². The highest BCUT2D eigenvalue weighted by molar-refractivity contribution is 5.87. The molecular formula is C19H32N4O3. The van der Waals surface area contributed by atoms with Crippen molar-refractivity contribution in [3.63, 3.8) is 0 Å². The molecule has 7 nitrogen and oxygen atoms in total. The molecule has 7 heteroatoms. The summed E-state index contributed by atoms with van der Waals surface area (Å²) < 4.78 is 6.66. The molecule has 0 atom stereocenters. The first kappa shape index (κ1) is 18.2. The molecule has 1 spiro atoms. The van der Waals surface area contributed by atoms with Crippen LogP contribution >= 0.6 is 0 Å². The molecule has 0 radical (unpaired) electrons. The van der Waals surface area contributed by atoms with Gasteiger partial charge in [-0.05, 0) is 58.8 Å². The van der Waals surface area contributed by atoms with E-state index in [9.17, 15) is 9.59 Å². The maximum absolute atomic E-state index is 13.7. The Hall–Kier alpha value is -1.18. The minimum atomic E-state index is -0.392. The molecule has 1 saturated carbocycles. The Morgan fingerprint density at radius 1 is 1.12 bits per heavy atom. The maximum Gasteiger partial charge on any atom is 0.231 e. The van der Waals surface area contributed by atoms with Crippen LogP contribution in [0.3, 0.4) is 0 Å². The van der Waals surface area contributed by atoms with Gasteiger partial charge < -0.3 is 25.2 Å². The van der Waals surface area contributed by atoms with Crippen molar-refractivity contribution in [2.75, 3.05) is 52.9 Å². The third-order valence-corrected chi connectivity index (χ3v) is 7.02. The lowest BCUT2D eigenvalue weighted by Gasteiger charge is -2.49. The standard InChI is InChI=1S/C19H32N4O3/c1-15(24)21-14-17-12-18(13-17,19(26-17)4-6-20-7-5-19)16(25)23-9-3-8-22(2)10-11-23/h20H,3-14H2,1-2H3,(H,21,24). The molecule has 0 aromatic carbocycles. The highest BCUT2D eigenvalue weighted by Gasteiger charge is 2.77. The van der Waals surface area contributed by atoms with Gasteiger partial charge in [-0.3, -0.25) is 9.59 Å². The lowest BCUT2D eigenvalue weighted by atomic mass is 9.53. The van der Waals surface area contributed by atoms with Crippen LogP contribution in [0.4, 0.5) is 0 Å². The van der Waals surface area contributed by atoms with Crippen molar-refractivity contribution < 1.29 is 14.3 Å². The minimum absolute atomic E-state index is 0.0337. The van der Waals surface area contributed by atoms with Crippen LogP contribution in [-0.2, 0) is 14.3 Å². The molecule has 4 heterocycles. The fraction of sp³-hybridized carbons (Fsp3) is 0.895. The summed E-state index contributed by atoms with van der Waals surface area (Å²) in [5.41, 5.74) is -1.09. The van der Waals surface area contributed by atoms with Gasteiger partial charge in [0.2, 0.25) is 11.8 Å². The highest BCUT2D eigenvalue weighted by Crippen LogP contribution is 2.69. The van der Waals surface area contributed by atoms with Crippen LogP contribution < -0.4 is 10.6 Å². The second-order valence-corrected chi connectivity index (χ2v) is 8.82. The van der Waals surface area contributed by atoms with E-state index in [-0.39, 0.29) is 17.1 Å². The summed E-state index contributed by atoms with van der Waals surface area (Å²) in [6.07, 6.45) is 4.31. The SMILES string of the molecule is CC(=O)NCC12CC(C(=O)N3CCCN(C)CC3)(C1)C1(CCNCC1)O2. The summed E-state index contributed by atoms with van der Waals surface area (Å²) in [6, 6.07) is 0. The molecule has 5 aliphatic rings. The van der Waals surface area contributed by atoms with Gasteiger partial charge in [-0.25, -0.2) is 0 Å². The molecule has 26 heavy (non-hydrogen) atoms. The van der Waals surface area contributed by atoms with Crippen LogP contribution in [0.25, 0.3) is 0 Å². The van der Waals surface area contributed by atoms with Gasteiger partial charge in [-0.2, -0.15) is 0 Å². The molecule has 2 N–H and O–H groups in total. The average molecular weight is 364 g/mol. The second-order valence-electron chi connectivity index (χ2n) is 8.82. The van der Waals surface area contributed by atoms with E-state index >= 15 is 0 Å². The average Bonchev–Trinajstić information content (AvgIpc) is 2.86. The number of rotatable bonds is 3. The molecule has 0 aromatic heterocycles. The Morgan fingerprint density at radius 3 is 2.54 bits per heavy atom. The number of hydrogen-bond donors (Lipinski definition) is 2. The molecule has 2 bridgehead atoms. The highest BCUT2D eigenvalue weighted by atomic mass is 16.5. The van der Waals surface area contributed by atoms with Crippen LogP contribution in [0.15, 0.2) is 0 Å². The minimum Gasteiger partial charge on any atom is -0.365 e. The third kappa shape index (κ3) is 2.75. The fourth-order valence-corrected chi connectivity index (χ4v) is 5.71. The topological polar surface area (TPSA) is 73.9 Å². The molecule has 5 rings (SSSR count). The number of nitrogens with one attached hydrogen (secondary N) is 2. The maximum atomic E-state index is 13.7. The lowest BCUT2D eigenvalue weighted by molar-refractivity contribution is -0.152. The summed E-state index contributed by atoms with van der Waals surface area (Å²) in [7, 11) is 2.13. The Bertz CT molecular complexity index is 581. The third-order valence-electron chi connectivity index (χ3n) is 7.02.